The Labute approximate surface area is 362 Å². The minimum absolute atomic E-state index is 0.0234. The summed E-state index contributed by atoms with van der Waals surface area (Å²) < 4.78 is 39.4. The molecule has 59 heavy (non-hydrogen) atoms. The predicted molar refractivity (Wildman–Crippen MR) is 223 cm³/mol. The Morgan fingerprint density at radius 3 is 1.92 bits per heavy atom. The number of rotatable bonds is 15. The molecule has 8 atom stereocenters. The lowest BCUT2D eigenvalue weighted by molar-refractivity contribution is -0.190. The number of ether oxygens (including phenoxy) is 6. The Bertz CT molecular complexity index is 1890. The molecule has 4 aliphatic carbocycles. The maximum absolute atomic E-state index is 9.24. The summed E-state index contributed by atoms with van der Waals surface area (Å²) in [6, 6.07) is -0.223. The van der Waals surface area contributed by atoms with Gasteiger partial charge in [-0.25, -0.2) is 24.6 Å². The zero-order valence-corrected chi connectivity index (χ0v) is 36.6. The lowest BCUT2D eigenvalue weighted by Gasteiger charge is -2.27. The third kappa shape index (κ3) is 9.28. The molecular formula is C38H55Cl2N9O8S2. The van der Waals surface area contributed by atoms with Gasteiger partial charge < -0.3 is 49.7 Å². The van der Waals surface area contributed by atoms with Gasteiger partial charge in [0.15, 0.2) is 49.2 Å². The summed E-state index contributed by atoms with van der Waals surface area (Å²) in [5.74, 6) is 1.30. The third-order valence-corrected chi connectivity index (χ3v) is 14.4. The van der Waals surface area contributed by atoms with Crippen molar-refractivity contribution in [1.82, 2.24) is 34.9 Å². The van der Waals surface area contributed by atoms with Gasteiger partial charge in [0.2, 0.25) is 0 Å². The second kappa shape index (κ2) is 19.2. The van der Waals surface area contributed by atoms with Crippen molar-refractivity contribution in [2.45, 2.75) is 161 Å². The van der Waals surface area contributed by atoms with E-state index in [0.29, 0.717) is 51.0 Å². The number of aromatic nitrogens is 7. The number of nitrogens with two attached hydrogens (primary N) is 1. The second-order valence-electron chi connectivity index (χ2n) is 15.9. The van der Waals surface area contributed by atoms with Crippen molar-refractivity contribution in [2.75, 3.05) is 49.0 Å². The van der Waals surface area contributed by atoms with Crippen LogP contribution in [0, 0.1) is 0 Å². The van der Waals surface area contributed by atoms with Crippen molar-refractivity contribution in [2.24, 2.45) is 0 Å². The number of nitrogens with one attached hydrogen (secondary N) is 1. The largest absolute Gasteiger partial charge is 0.394 e. The summed E-state index contributed by atoms with van der Waals surface area (Å²) in [5, 5.41) is 32.3. The fraction of sp³-hybridized carbons (Fsp3) is 0.789. The van der Waals surface area contributed by atoms with Crippen molar-refractivity contribution >= 4 is 69.4 Å². The highest BCUT2D eigenvalue weighted by Gasteiger charge is 2.60. The van der Waals surface area contributed by atoms with E-state index in [4.69, 9.17) is 62.3 Å². The number of nitrogen functional groups attached to an aromatic ring is 1. The molecular weight excluding hydrogens is 846 g/mol. The first kappa shape index (κ1) is 43.8. The van der Waals surface area contributed by atoms with Crippen LogP contribution in [0.4, 0.5) is 11.5 Å². The molecule has 4 saturated carbocycles. The van der Waals surface area contributed by atoms with Crippen LogP contribution in [0.1, 0.15) is 96.9 Å². The number of fused-ring (bicyclic) bond motifs is 3. The standard InChI is InChI=1S/C19H26ClN5O4S.C19H29ClN4O4S/c1-2-9-30-18-21-16(20)13-17(22-18)25(24-23-13)11-10-12(27-8-7-26)15-14(11)28-19(29-15)5-3-4-6-19;1-2-9-29-18-23-16(20)13(21)17(24-18)22-11-10-12(26-8-7-25)15-14(11)27-19(28-15)5-3-4-6-19/h11-12,14-15,26H,2-10H2,1H3;11-12,14-15,25H,2-10,21H2,1H3,(H,22,23,24)/t2*11?,12-,14-,15+/m00/s1. The molecule has 0 amide bonds. The van der Waals surface area contributed by atoms with E-state index in [-0.39, 0.29) is 80.3 Å². The van der Waals surface area contributed by atoms with Crippen LogP contribution in [0.3, 0.4) is 0 Å². The summed E-state index contributed by atoms with van der Waals surface area (Å²) in [7, 11) is 0. The smallest absolute Gasteiger partial charge is 0.191 e. The SMILES string of the molecule is CCCSc1nc(Cl)c(N)c(NC2C[C@H](OCCO)[C@H]3OC4(CCCC4)O[C@@H]23)n1.CCCSc1nc(Cl)c2nnn(C3C[C@H](OCCO)[C@H]4OC5(CCCC5)O[C@@H]34)c2n1. The first-order valence-electron chi connectivity index (χ1n) is 21.0. The molecule has 2 aliphatic heterocycles. The van der Waals surface area contributed by atoms with Crippen LogP contribution in [-0.4, -0.2) is 137 Å². The van der Waals surface area contributed by atoms with E-state index >= 15 is 0 Å². The molecule has 0 aromatic carbocycles. The molecule has 6 fully saturated rings. The normalized spacial score (nSPS) is 30.1. The summed E-state index contributed by atoms with van der Waals surface area (Å²) in [4.78, 5) is 17.9. The van der Waals surface area contributed by atoms with Crippen molar-refractivity contribution in [3.63, 3.8) is 0 Å². The summed E-state index contributed by atoms with van der Waals surface area (Å²) in [5.41, 5.74) is 7.59. The minimum Gasteiger partial charge on any atom is -0.394 e. The van der Waals surface area contributed by atoms with Crippen LogP contribution in [0.15, 0.2) is 10.3 Å². The van der Waals surface area contributed by atoms with Crippen molar-refractivity contribution in [3.8, 4) is 0 Å². The number of hydrogen-bond donors (Lipinski definition) is 4. The second-order valence-corrected chi connectivity index (χ2v) is 18.7. The van der Waals surface area contributed by atoms with Gasteiger partial charge in [-0.05, 0) is 44.9 Å². The highest BCUT2D eigenvalue weighted by Crippen LogP contribution is 2.51. The molecule has 0 radical (unpaired) electrons. The van der Waals surface area contributed by atoms with Gasteiger partial charge in [0.25, 0.3) is 0 Å². The van der Waals surface area contributed by atoms with Crippen molar-refractivity contribution in [1.29, 1.82) is 0 Å². The van der Waals surface area contributed by atoms with Crippen LogP contribution in [-0.2, 0) is 28.4 Å². The van der Waals surface area contributed by atoms with E-state index in [2.05, 4.69) is 44.4 Å². The molecule has 21 heteroatoms. The number of aliphatic hydroxyl groups is 2. The molecule has 0 bridgehead atoms. The average Bonchev–Trinajstić information content (AvgIpc) is 4.11. The molecule has 5 N–H and O–H groups in total. The maximum Gasteiger partial charge on any atom is 0.191 e. The number of aliphatic hydroxyl groups excluding tert-OH is 2. The highest BCUT2D eigenvalue weighted by atomic mass is 35.5. The fourth-order valence-electron chi connectivity index (χ4n) is 9.16. The number of hydrogen-bond acceptors (Lipinski definition) is 18. The van der Waals surface area contributed by atoms with Crippen molar-refractivity contribution < 1.29 is 38.6 Å². The molecule has 9 rings (SSSR count). The molecule has 326 valence electrons. The maximum atomic E-state index is 9.24. The van der Waals surface area contributed by atoms with E-state index in [1.54, 1.807) is 28.2 Å². The first-order chi connectivity index (χ1) is 28.7. The van der Waals surface area contributed by atoms with Gasteiger partial charge in [0, 0.05) is 43.6 Å². The van der Waals surface area contributed by atoms with Crippen molar-refractivity contribution in [3.05, 3.63) is 10.3 Å². The molecule has 6 aliphatic rings. The molecule has 5 heterocycles. The average molecular weight is 901 g/mol. The lowest BCUT2D eigenvalue weighted by Crippen LogP contribution is -2.35. The van der Waals surface area contributed by atoms with E-state index in [1.165, 1.54) is 0 Å². The molecule has 3 aromatic heterocycles. The quantitative estimate of drug-likeness (QED) is 0.0831. The van der Waals surface area contributed by atoms with Gasteiger partial charge in [-0.1, -0.05) is 65.8 Å². The molecule has 17 nitrogen and oxygen atoms in total. The monoisotopic (exact) mass is 899 g/mol. The van der Waals surface area contributed by atoms with Crippen LogP contribution in [0.2, 0.25) is 10.3 Å². The zero-order valence-electron chi connectivity index (χ0n) is 33.5. The summed E-state index contributed by atoms with van der Waals surface area (Å²) in [6.45, 7) is 4.70. The van der Waals surface area contributed by atoms with Gasteiger partial charge in [0.1, 0.15) is 30.1 Å². The molecule has 2 spiro atoms. The van der Waals surface area contributed by atoms with Crippen LogP contribution < -0.4 is 11.1 Å². The fourth-order valence-corrected chi connectivity index (χ4v) is 11.0. The van der Waals surface area contributed by atoms with Crippen LogP contribution in [0.5, 0.6) is 0 Å². The molecule has 2 saturated heterocycles. The van der Waals surface area contributed by atoms with Crippen LogP contribution >= 0.6 is 46.7 Å². The Morgan fingerprint density at radius 1 is 0.763 bits per heavy atom. The number of thioether (sulfide) groups is 2. The van der Waals surface area contributed by atoms with Gasteiger partial charge in [-0.3, -0.25) is 0 Å². The Hall–Kier alpha value is -1.88. The summed E-state index contributed by atoms with van der Waals surface area (Å²) >= 11 is 15.7. The number of halogens is 2. The molecule has 2 unspecified atom stereocenters. The highest BCUT2D eigenvalue weighted by molar-refractivity contribution is 7.99. The third-order valence-electron chi connectivity index (χ3n) is 11.7. The topological polar surface area (TPSA) is 216 Å². The Morgan fingerprint density at radius 2 is 1.31 bits per heavy atom. The Balaban J connectivity index is 0.000000164. The van der Waals surface area contributed by atoms with E-state index in [0.717, 1.165) is 75.7 Å². The van der Waals surface area contributed by atoms with Gasteiger partial charge in [-0.2, -0.15) is 0 Å². The Kier molecular flexibility index (Phi) is 14.3. The molecule has 3 aromatic rings. The minimum atomic E-state index is -0.528. The van der Waals surface area contributed by atoms with Gasteiger partial charge >= 0.3 is 0 Å². The van der Waals surface area contributed by atoms with E-state index in [1.807, 2.05) is 0 Å². The van der Waals surface area contributed by atoms with Gasteiger partial charge in [0.05, 0.1) is 50.7 Å². The summed E-state index contributed by atoms with van der Waals surface area (Å²) in [6.07, 6.45) is 10.2. The number of anilines is 2. The first-order valence-corrected chi connectivity index (χ1v) is 23.7. The zero-order chi connectivity index (χ0) is 41.1. The van der Waals surface area contributed by atoms with Crippen LogP contribution in [0.25, 0.3) is 11.2 Å². The lowest BCUT2D eigenvalue weighted by atomic mass is 10.2. The van der Waals surface area contributed by atoms with Gasteiger partial charge in [-0.15, -0.1) is 5.10 Å². The predicted octanol–water partition coefficient (Wildman–Crippen LogP) is 5.58. The van der Waals surface area contributed by atoms with E-state index < -0.39 is 11.6 Å². The number of nitrogens with zero attached hydrogens (tertiary/aromatic N) is 7. The van der Waals surface area contributed by atoms with E-state index in [9.17, 15) is 10.2 Å².